The number of nitrogens with zero attached hydrogens (tertiary/aromatic N) is 2. The zero-order valence-electron chi connectivity index (χ0n) is 6.43. The second-order valence-electron chi connectivity index (χ2n) is 1.97. The van der Waals surface area contributed by atoms with Crippen LogP contribution in [-0.4, -0.2) is 22.4 Å². The molecule has 0 saturated carbocycles. The minimum Gasteiger partial charge on any atom is -0.444 e. The fourth-order valence-electron chi connectivity index (χ4n) is 0.598. The van der Waals surface area contributed by atoms with Gasteiger partial charge in [0.1, 0.15) is 12.9 Å². The summed E-state index contributed by atoms with van der Waals surface area (Å²) in [7, 11) is 0. The highest BCUT2D eigenvalue weighted by atomic mass is 16.6. The summed E-state index contributed by atoms with van der Waals surface area (Å²) in [4.78, 5) is 14.6. The molecule has 0 radical (unpaired) electrons. The molecule has 1 aromatic rings. The first-order valence-corrected chi connectivity index (χ1v) is 3.35. The molecule has 1 N–H and O–H groups in total. The van der Waals surface area contributed by atoms with Gasteiger partial charge in [0.25, 0.3) is 0 Å². The van der Waals surface area contributed by atoms with Crippen LogP contribution in [0.3, 0.4) is 0 Å². The van der Waals surface area contributed by atoms with E-state index in [0.717, 1.165) is 0 Å². The number of hydrogen-bond acceptors (Lipinski definition) is 3. The first kappa shape index (κ1) is 8.32. The molecule has 0 saturated heterocycles. The molecule has 0 unspecified atom stereocenters. The quantitative estimate of drug-likeness (QED) is 0.676. The number of carbonyl (C=O) groups excluding carboxylic acids is 1. The summed E-state index contributed by atoms with van der Waals surface area (Å²) >= 11 is 0. The first-order valence-electron chi connectivity index (χ1n) is 3.35. The van der Waals surface area contributed by atoms with Crippen molar-refractivity contribution in [2.24, 2.45) is 0 Å². The van der Waals surface area contributed by atoms with Crippen LogP contribution in [0, 0.1) is 0 Å². The van der Waals surface area contributed by atoms with Gasteiger partial charge in [-0.05, 0) is 0 Å². The third-order valence-corrected chi connectivity index (χ3v) is 1.06. The maximum absolute atomic E-state index is 10.8. The molecule has 64 valence electrons. The van der Waals surface area contributed by atoms with Gasteiger partial charge in [-0.1, -0.05) is 12.7 Å². The molecule has 0 aliphatic rings. The molecule has 0 bridgehead atoms. The summed E-state index contributed by atoms with van der Waals surface area (Å²) in [6.07, 6.45) is 5.55. The Labute approximate surface area is 69.6 Å². The summed E-state index contributed by atoms with van der Waals surface area (Å²) in [5, 5.41) is 0. The highest BCUT2D eigenvalue weighted by Crippen LogP contribution is 1.83. The van der Waals surface area contributed by atoms with Gasteiger partial charge in [0.15, 0.2) is 0 Å². The zero-order valence-corrected chi connectivity index (χ0v) is 6.43. The van der Waals surface area contributed by atoms with Crippen molar-refractivity contribution >= 4 is 6.09 Å². The van der Waals surface area contributed by atoms with Gasteiger partial charge in [-0.15, -0.1) is 0 Å². The van der Waals surface area contributed by atoms with E-state index >= 15 is 0 Å². The molecule has 0 spiro atoms. The predicted octanol–water partition coefficient (Wildman–Crippen LogP) is 0.749. The molecule has 0 aliphatic carbocycles. The van der Waals surface area contributed by atoms with Gasteiger partial charge in [-0.2, -0.15) is 0 Å². The van der Waals surface area contributed by atoms with E-state index in [1.54, 1.807) is 12.4 Å². The van der Waals surface area contributed by atoms with Gasteiger partial charge in [-0.3, -0.25) is 0 Å². The van der Waals surface area contributed by atoms with E-state index in [0.29, 0.717) is 0 Å². The molecular formula is C7H9N3O2. The lowest BCUT2D eigenvalue weighted by atomic mass is 10.7. The lowest BCUT2D eigenvalue weighted by molar-refractivity contribution is 0.170. The standard InChI is InChI=1S/C7H9N3O2/c1-2-5-12-7(11)9-10-4-3-8-6-10/h2-4,6H,1,5H2,(H,9,11). The summed E-state index contributed by atoms with van der Waals surface area (Å²) in [6.45, 7) is 3.60. The van der Waals surface area contributed by atoms with Gasteiger partial charge in [0, 0.05) is 12.4 Å². The molecule has 1 aromatic heterocycles. The lowest BCUT2D eigenvalue weighted by Crippen LogP contribution is -2.22. The lowest BCUT2D eigenvalue weighted by Gasteiger charge is -2.03. The molecule has 0 aliphatic heterocycles. The van der Waals surface area contributed by atoms with Gasteiger partial charge >= 0.3 is 6.09 Å². The Morgan fingerprint density at radius 2 is 2.67 bits per heavy atom. The zero-order chi connectivity index (χ0) is 8.81. The van der Waals surface area contributed by atoms with Crippen LogP contribution in [0.15, 0.2) is 31.4 Å². The van der Waals surface area contributed by atoms with E-state index in [9.17, 15) is 4.79 Å². The van der Waals surface area contributed by atoms with Crippen molar-refractivity contribution in [3.8, 4) is 0 Å². The highest BCUT2D eigenvalue weighted by molar-refractivity contribution is 5.75. The maximum atomic E-state index is 10.8. The van der Waals surface area contributed by atoms with E-state index < -0.39 is 6.09 Å². The normalized spacial score (nSPS) is 9.00. The van der Waals surface area contributed by atoms with Crippen molar-refractivity contribution < 1.29 is 9.53 Å². The number of rotatable bonds is 3. The van der Waals surface area contributed by atoms with Crippen LogP contribution in [0.1, 0.15) is 0 Å². The predicted molar refractivity (Wildman–Crippen MR) is 43.1 cm³/mol. The average Bonchev–Trinajstić information content (AvgIpc) is 2.53. The molecule has 0 aromatic carbocycles. The van der Waals surface area contributed by atoms with Crippen molar-refractivity contribution in [1.82, 2.24) is 9.66 Å². The topological polar surface area (TPSA) is 56.1 Å². The summed E-state index contributed by atoms with van der Waals surface area (Å²) in [5.74, 6) is 0. The molecule has 1 amide bonds. The van der Waals surface area contributed by atoms with Crippen molar-refractivity contribution in [2.75, 3.05) is 12.0 Å². The van der Waals surface area contributed by atoms with Crippen LogP contribution in [0.2, 0.25) is 0 Å². The minimum atomic E-state index is -0.534. The fraction of sp³-hybridized carbons (Fsp3) is 0.143. The van der Waals surface area contributed by atoms with Crippen LogP contribution in [0.25, 0.3) is 0 Å². The Kier molecular flexibility index (Phi) is 2.89. The van der Waals surface area contributed by atoms with Crippen LogP contribution < -0.4 is 5.43 Å². The van der Waals surface area contributed by atoms with Gasteiger partial charge in [0.2, 0.25) is 0 Å². The first-order chi connectivity index (χ1) is 5.83. The van der Waals surface area contributed by atoms with E-state index in [1.165, 1.54) is 17.1 Å². The second kappa shape index (κ2) is 4.17. The molecule has 5 nitrogen and oxygen atoms in total. The van der Waals surface area contributed by atoms with Crippen LogP contribution >= 0.6 is 0 Å². The Morgan fingerprint density at radius 3 is 3.25 bits per heavy atom. The van der Waals surface area contributed by atoms with E-state index in [-0.39, 0.29) is 6.61 Å². The van der Waals surface area contributed by atoms with E-state index in [2.05, 4.69) is 21.7 Å². The SMILES string of the molecule is C=CCOC(=O)Nn1ccnc1. The van der Waals surface area contributed by atoms with Gasteiger partial charge in [-0.25, -0.2) is 19.9 Å². The molecule has 5 heteroatoms. The molecular weight excluding hydrogens is 158 g/mol. The Bertz CT molecular complexity index is 256. The molecule has 1 rings (SSSR count). The van der Waals surface area contributed by atoms with Gasteiger partial charge < -0.3 is 4.74 Å². The van der Waals surface area contributed by atoms with Crippen molar-refractivity contribution in [3.05, 3.63) is 31.4 Å². The average molecular weight is 167 g/mol. The highest BCUT2D eigenvalue weighted by Gasteiger charge is 1.98. The summed E-state index contributed by atoms with van der Waals surface area (Å²) in [5.41, 5.74) is 2.40. The molecule has 12 heavy (non-hydrogen) atoms. The molecule has 1 heterocycles. The van der Waals surface area contributed by atoms with E-state index in [1.807, 2.05) is 0 Å². The number of ether oxygens (including phenoxy) is 1. The van der Waals surface area contributed by atoms with E-state index in [4.69, 9.17) is 0 Å². The van der Waals surface area contributed by atoms with Crippen molar-refractivity contribution in [1.29, 1.82) is 0 Å². The number of hydrogen-bond donors (Lipinski definition) is 1. The fourth-order valence-corrected chi connectivity index (χ4v) is 0.598. The van der Waals surface area contributed by atoms with Crippen LogP contribution in [-0.2, 0) is 4.74 Å². The van der Waals surface area contributed by atoms with Crippen LogP contribution in [0.4, 0.5) is 4.79 Å². The molecule has 0 fully saturated rings. The summed E-state index contributed by atoms with van der Waals surface area (Å²) in [6, 6.07) is 0. The number of nitrogens with one attached hydrogen (secondary N) is 1. The number of aromatic nitrogens is 2. The monoisotopic (exact) mass is 167 g/mol. The smallest absolute Gasteiger partial charge is 0.426 e. The number of carbonyl (C=O) groups is 1. The molecule has 0 atom stereocenters. The minimum absolute atomic E-state index is 0.195. The number of imidazole rings is 1. The summed E-state index contributed by atoms with van der Waals surface area (Å²) < 4.78 is 6.04. The second-order valence-corrected chi connectivity index (χ2v) is 1.97. The maximum Gasteiger partial charge on any atom is 0.426 e. The largest absolute Gasteiger partial charge is 0.444 e. The Morgan fingerprint density at radius 1 is 1.83 bits per heavy atom. The van der Waals surface area contributed by atoms with Gasteiger partial charge in [0.05, 0.1) is 0 Å². The number of amides is 1. The van der Waals surface area contributed by atoms with Crippen LogP contribution in [0.5, 0.6) is 0 Å². The third kappa shape index (κ3) is 2.45. The third-order valence-electron chi connectivity index (χ3n) is 1.06. The van der Waals surface area contributed by atoms with Crippen molar-refractivity contribution in [2.45, 2.75) is 0 Å². The Hall–Kier alpha value is -1.78. The Balaban J connectivity index is 2.32. The van der Waals surface area contributed by atoms with Crippen molar-refractivity contribution in [3.63, 3.8) is 0 Å².